The summed E-state index contributed by atoms with van der Waals surface area (Å²) in [4.78, 5) is 71.4. The Morgan fingerprint density at radius 1 is 0.900 bits per heavy atom. The molecule has 0 saturated carbocycles. The number of carbonyl (C=O) groups is 5. The van der Waals surface area contributed by atoms with Gasteiger partial charge >= 0.3 is 23.9 Å². The van der Waals surface area contributed by atoms with Crippen LogP contribution < -0.4 is 10.9 Å². The summed E-state index contributed by atoms with van der Waals surface area (Å²) in [5.41, 5.74) is 0.240. The summed E-state index contributed by atoms with van der Waals surface area (Å²) < 4.78 is 29.7. The van der Waals surface area contributed by atoms with Gasteiger partial charge in [-0.05, 0) is 6.07 Å². The van der Waals surface area contributed by atoms with E-state index in [0.29, 0.717) is 0 Å². The number of amides is 1. The molecule has 0 aromatic carbocycles. The Hall–Kier alpha value is -4.60. The zero-order valence-corrected chi connectivity index (χ0v) is 22.4. The van der Waals surface area contributed by atoms with Gasteiger partial charge in [-0.2, -0.15) is 0 Å². The monoisotopic (exact) mass is 563 g/mol. The van der Waals surface area contributed by atoms with Crippen molar-refractivity contribution >= 4 is 29.8 Å². The highest BCUT2D eigenvalue weighted by Crippen LogP contribution is 2.34. The van der Waals surface area contributed by atoms with E-state index in [0.717, 1.165) is 20.8 Å². The van der Waals surface area contributed by atoms with E-state index in [2.05, 4.69) is 15.6 Å². The molecule has 216 valence electrons. The fourth-order valence-electron chi connectivity index (χ4n) is 3.94. The summed E-state index contributed by atoms with van der Waals surface area (Å²) >= 11 is 0. The molecule has 1 N–H and O–H groups in total. The molecular formula is C24H29N5O11. The van der Waals surface area contributed by atoms with E-state index in [1.807, 2.05) is 0 Å². The van der Waals surface area contributed by atoms with Gasteiger partial charge in [-0.3, -0.25) is 28.8 Å². The van der Waals surface area contributed by atoms with Crippen molar-refractivity contribution in [2.45, 2.75) is 64.9 Å². The fourth-order valence-corrected chi connectivity index (χ4v) is 3.94. The topological polar surface area (TPSA) is 196 Å². The highest BCUT2D eigenvalue weighted by atomic mass is 16.7. The van der Waals surface area contributed by atoms with Crippen LogP contribution in [0.5, 0.6) is 0 Å². The lowest BCUT2D eigenvalue weighted by molar-refractivity contribution is -0.270. The molecule has 16 nitrogen and oxygen atoms in total. The number of ether oxygens (including phenoxy) is 5. The molecule has 5 atom stereocenters. The smallest absolute Gasteiger partial charge is 0.303 e. The molecule has 1 amide bonds. The minimum atomic E-state index is -1.37. The molecule has 3 heterocycles. The van der Waals surface area contributed by atoms with Gasteiger partial charge in [-0.25, -0.2) is 4.68 Å². The Bertz CT molecular complexity index is 1340. The van der Waals surface area contributed by atoms with Crippen LogP contribution in [0.3, 0.4) is 0 Å². The first kappa shape index (κ1) is 29.9. The standard InChI is InChI=1S/C24H29N5O11/c1-12(30)36-11-18-20(37-13(2)31)21(38-14(3)32)22(39-15(4)33)24(40-18)29-10-17(26-27-29)8-25-23(35)16-6-7-19(34)28(5)9-16/h6-7,9-10,18,20-22,24H,8,11H2,1-5H3,(H,25,35)/t18-,20-,21+,22-,24-/m1/s1. The van der Waals surface area contributed by atoms with Crippen molar-refractivity contribution in [1.29, 1.82) is 0 Å². The summed E-state index contributed by atoms with van der Waals surface area (Å²) in [6.07, 6.45) is -3.72. The van der Waals surface area contributed by atoms with Gasteiger partial charge in [0.15, 0.2) is 24.5 Å². The average molecular weight is 564 g/mol. The minimum absolute atomic E-state index is 0.0764. The van der Waals surface area contributed by atoms with Crippen LogP contribution in [0.4, 0.5) is 0 Å². The van der Waals surface area contributed by atoms with Crippen LogP contribution in [0.1, 0.15) is 50.0 Å². The second-order valence-electron chi connectivity index (χ2n) is 8.83. The molecule has 1 aliphatic heterocycles. The molecule has 1 fully saturated rings. The van der Waals surface area contributed by atoms with E-state index >= 15 is 0 Å². The van der Waals surface area contributed by atoms with Crippen LogP contribution in [0.25, 0.3) is 0 Å². The third kappa shape index (κ3) is 7.72. The van der Waals surface area contributed by atoms with Crippen molar-refractivity contribution in [2.24, 2.45) is 7.05 Å². The van der Waals surface area contributed by atoms with Crippen molar-refractivity contribution in [3.05, 3.63) is 46.1 Å². The molecule has 16 heteroatoms. The minimum Gasteiger partial charge on any atom is -0.463 e. The Labute approximate surface area is 227 Å². The number of nitrogens with one attached hydrogen (secondary N) is 1. The summed E-state index contributed by atoms with van der Waals surface area (Å²) in [6.45, 7) is 4.04. The zero-order chi connectivity index (χ0) is 29.6. The lowest BCUT2D eigenvalue weighted by atomic mass is 9.97. The maximum Gasteiger partial charge on any atom is 0.303 e. The first-order valence-corrected chi connectivity index (χ1v) is 12.0. The number of rotatable bonds is 9. The Morgan fingerprint density at radius 3 is 2.12 bits per heavy atom. The molecule has 2 aromatic heterocycles. The number of hydrogen-bond acceptors (Lipinski definition) is 13. The normalized spacial score (nSPS) is 22.1. The lowest BCUT2D eigenvalue weighted by Gasteiger charge is -2.44. The van der Waals surface area contributed by atoms with Crippen LogP contribution in [0, 0.1) is 0 Å². The molecule has 0 aliphatic carbocycles. The van der Waals surface area contributed by atoms with E-state index in [1.165, 1.54) is 47.7 Å². The third-order valence-corrected chi connectivity index (χ3v) is 5.56. The van der Waals surface area contributed by atoms with E-state index in [4.69, 9.17) is 23.7 Å². The van der Waals surface area contributed by atoms with Crippen LogP contribution in [0.15, 0.2) is 29.3 Å². The van der Waals surface area contributed by atoms with Gasteiger partial charge in [0.25, 0.3) is 5.91 Å². The first-order chi connectivity index (χ1) is 18.8. The van der Waals surface area contributed by atoms with Gasteiger partial charge in [-0.1, -0.05) is 5.21 Å². The van der Waals surface area contributed by atoms with Gasteiger partial charge < -0.3 is 33.6 Å². The van der Waals surface area contributed by atoms with Crippen molar-refractivity contribution in [3.8, 4) is 0 Å². The molecular weight excluding hydrogens is 534 g/mol. The average Bonchev–Trinajstić information content (AvgIpc) is 3.33. The van der Waals surface area contributed by atoms with Gasteiger partial charge in [0, 0.05) is 47.0 Å². The molecule has 1 aliphatic rings. The van der Waals surface area contributed by atoms with Gasteiger partial charge in [-0.15, -0.1) is 5.10 Å². The number of esters is 4. The molecule has 0 bridgehead atoms. The van der Waals surface area contributed by atoms with Crippen LogP contribution in [-0.2, 0) is 56.5 Å². The van der Waals surface area contributed by atoms with Crippen LogP contribution >= 0.6 is 0 Å². The lowest BCUT2D eigenvalue weighted by Crippen LogP contribution is -2.60. The SMILES string of the molecule is CC(=O)OC[C@H]1O[C@@H](n2cc(CNC(=O)c3ccc(=O)n(C)c3)nn2)[C@H](OC(C)=O)[C@@H](OC(C)=O)[C@@H]1OC(C)=O. The second kappa shape index (κ2) is 13.0. The zero-order valence-electron chi connectivity index (χ0n) is 22.4. The molecule has 1 saturated heterocycles. The molecule has 0 unspecified atom stereocenters. The maximum atomic E-state index is 12.5. The number of pyridine rings is 1. The van der Waals surface area contributed by atoms with E-state index in [9.17, 15) is 28.8 Å². The van der Waals surface area contributed by atoms with Crippen LogP contribution in [0.2, 0.25) is 0 Å². The van der Waals surface area contributed by atoms with Crippen molar-refractivity contribution in [1.82, 2.24) is 24.9 Å². The first-order valence-electron chi connectivity index (χ1n) is 12.0. The third-order valence-electron chi connectivity index (χ3n) is 5.56. The number of aryl methyl sites for hydroxylation is 1. The summed E-state index contributed by atoms with van der Waals surface area (Å²) in [7, 11) is 1.51. The van der Waals surface area contributed by atoms with E-state index in [-0.39, 0.29) is 23.4 Å². The van der Waals surface area contributed by atoms with E-state index in [1.54, 1.807) is 0 Å². The number of hydrogen-bond donors (Lipinski definition) is 1. The van der Waals surface area contributed by atoms with Gasteiger partial charge in [0.05, 0.1) is 18.3 Å². The number of aromatic nitrogens is 4. The van der Waals surface area contributed by atoms with Crippen molar-refractivity contribution < 1.29 is 47.7 Å². The largest absolute Gasteiger partial charge is 0.463 e. The Kier molecular flexibility index (Phi) is 9.71. The molecule has 0 radical (unpaired) electrons. The molecule has 3 rings (SSSR count). The molecule has 0 spiro atoms. The quantitative estimate of drug-likeness (QED) is 0.293. The molecule has 2 aromatic rings. The Balaban J connectivity index is 1.89. The highest BCUT2D eigenvalue weighted by Gasteiger charge is 2.53. The van der Waals surface area contributed by atoms with Crippen molar-refractivity contribution in [3.63, 3.8) is 0 Å². The predicted octanol–water partition coefficient (Wildman–Crippen LogP) is -0.838. The number of carbonyl (C=O) groups excluding carboxylic acids is 5. The Morgan fingerprint density at radius 2 is 1.52 bits per heavy atom. The van der Waals surface area contributed by atoms with Gasteiger partial charge in [0.2, 0.25) is 5.56 Å². The summed E-state index contributed by atoms with van der Waals surface area (Å²) in [5.74, 6) is -3.41. The highest BCUT2D eigenvalue weighted by molar-refractivity contribution is 5.93. The fraction of sp³-hybridized carbons (Fsp3) is 0.500. The summed E-state index contributed by atoms with van der Waals surface area (Å²) in [5, 5.41) is 10.6. The predicted molar refractivity (Wildman–Crippen MR) is 130 cm³/mol. The van der Waals surface area contributed by atoms with Gasteiger partial charge in [0.1, 0.15) is 18.4 Å². The number of nitrogens with zero attached hydrogens (tertiary/aromatic N) is 4. The summed E-state index contributed by atoms with van der Waals surface area (Å²) in [6, 6.07) is 2.64. The van der Waals surface area contributed by atoms with Crippen LogP contribution in [-0.4, -0.2) is 80.4 Å². The maximum absolute atomic E-state index is 12.5. The second-order valence-corrected chi connectivity index (χ2v) is 8.83. The molecule has 40 heavy (non-hydrogen) atoms. The van der Waals surface area contributed by atoms with E-state index < -0.39 is 67.0 Å². The van der Waals surface area contributed by atoms with Crippen molar-refractivity contribution in [2.75, 3.05) is 6.61 Å².